The third-order valence-electron chi connectivity index (χ3n) is 12.8. The minimum Gasteiger partial charge on any atom is -0.309 e. The van der Waals surface area contributed by atoms with Crippen LogP contribution in [0.4, 0.5) is 17.1 Å². The van der Waals surface area contributed by atoms with Gasteiger partial charge in [0.05, 0.1) is 28.1 Å². The molecular weight excluding hydrogens is 677 g/mol. The van der Waals surface area contributed by atoms with E-state index < -0.39 is 0 Å². The molecule has 1 heterocycles. The fraction of sp³-hybridized carbons (Fsp3) is 0.111. The molecule has 0 amide bonds. The first-order chi connectivity index (χ1) is 27.3. The highest BCUT2D eigenvalue weighted by Gasteiger charge is 2.40. The van der Waals surface area contributed by atoms with Gasteiger partial charge in [-0.2, -0.15) is 0 Å². The van der Waals surface area contributed by atoms with Gasteiger partial charge in [-0.3, -0.25) is 0 Å². The van der Waals surface area contributed by atoms with Crippen molar-refractivity contribution >= 4 is 38.9 Å². The second-order valence-electron chi connectivity index (χ2n) is 16.5. The summed E-state index contributed by atoms with van der Waals surface area (Å²) in [6.45, 7) is 9.48. The molecule has 1 aromatic heterocycles. The molecule has 0 saturated heterocycles. The van der Waals surface area contributed by atoms with Crippen molar-refractivity contribution in [2.45, 2.75) is 38.5 Å². The van der Waals surface area contributed by atoms with Crippen LogP contribution in [0.5, 0.6) is 0 Å². The fourth-order valence-corrected chi connectivity index (χ4v) is 10.1. The Hall–Kier alpha value is -6.64. The van der Waals surface area contributed by atoms with E-state index in [4.69, 9.17) is 0 Å². The molecule has 2 aliphatic rings. The Morgan fingerprint density at radius 3 is 1.34 bits per heavy atom. The van der Waals surface area contributed by atoms with E-state index >= 15 is 0 Å². The number of fused-ring (bicyclic) bond motifs is 9. The Balaban J connectivity index is 1.13. The molecule has 268 valence electrons. The van der Waals surface area contributed by atoms with Gasteiger partial charge in [0.15, 0.2) is 0 Å². The quantitative estimate of drug-likeness (QED) is 0.172. The second-order valence-corrected chi connectivity index (χ2v) is 16.5. The van der Waals surface area contributed by atoms with E-state index in [1.54, 1.807) is 0 Å². The molecule has 0 bridgehead atoms. The lowest BCUT2D eigenvalue weighted by molar-refractivity contribution is 0.660. The van der Waals surface area contributed by atoms with Crippen molar-refractivity contribution in [2.75, 3.05) is 4.90 Å². The fourth-order valence-electron chi connectivity index (χ4n) is 10.1. The van der Waals surface area contributed by atoms with Gasteiger partial charge in [-0.05, 0) is 81.4 Å². The van der Waals surface area contributed by atoms with Gasteiger partial charge in [0.1, 0.15) is 0 Å². The zero-order chi connectivity index (χ0) is 37.8. The molecular formula is C54H42N2. The number of benzene rings is 8. The van der Waals surface area contributed by atoms with Gasteiger partial charge in [-0.15, -0.1) is 0 Å². The van der Waals surface area contributed by atoms with Crippen molar-refractivity contribution in [3.05, 3.63) is 204 Å². The molecule has 0 spiro atoms. The number of aromatic nitrogens is 1. The lowest BCUT2D eigenvalue weighted by Gasteiger charge is -2.31. The maximum absolute atomic E-state index is 2.54. The minimum atomic E-state index is -0.110. The van der Waals surface area contributed by atoms with E-state index in [0.29, 0.717) is 0 Å². The van der Waals surface area contributed by atoms with Crippen LogP contribution in [-0.4, -0.2) is 4.57 Å². The Kier molecular flexibility index (Phi) is 6.98. The van der Waals surface area contributed by atoms with E-state index in [2.05, 4.69) is 219 Å². The summed E-state index contributed by atoms with van der Waals surface area (Å²) in [6.07, 6.45) is 0. The lowest BCUT2D eigenvalue weighted by atomic mass is 9.82. The summed E-state index contributed by atoms with van der Waals surface area (Å²) in [5.74, 6) is 0. The van der Waals surface area contributed by atoms with E-state index in [-0.39, 0.29) is 10.8 Å². The number of hydrogen-bond donors (Lipinski definition) is 0. The summed E-state index contributed by atoms with van der Waals surface area (Å²) in [5.41, 5.74) is 20.1. The summed E-state index contributed by atoms with van der Waals surface area (Å²) in [4.78, 5) is 2.54. The number of nitrogens with zero attached hydrogens (tertiary/aromatic N) is 2. The van der Waals surface area contributed by atoms with E-state index in [1.165, 1.54) is 94.5 Å². The molecule has 0 unspecified atom stereocenters. The first-order valence-corrected chi connectivity index (χ1v) is 19.8. The predicted molar refractivity (Wildman–Crippen MR) is 236 cm³/mol. The maximum atomic E-state index is 2.54. The third kappa shape index (κ3) is 4.50. The number of anilines is 3. The van der Waals surface area contributed by atoms with Gasteiger partial charge < -0.3 is 9.47 Å². The monoisotopic (exact) mass is 718 g/mol. The van der Waals surface area contributed by atoms with Crippen molar-refractivity contribution in [2.24, 2.45) is 0 Å². The molecule has 0 N–H and O–H groups in total. The highest BCUT2D eigenvalue weighted by atomic mass is 15.1. The maximum Gasteiger partial charge on any atom is 0.0543 e. The van der Waals surface area contributed by atoms with Crippen molar-refractivity contribution in [3.63, 3.8) is 0 Å². The predicted octanol–water partition coefficient (Wildman–Crippen LogP) is 14.5. The van der Waals surface area contributed by atoms with Gasteiger partial charge in [-0.25, -0.2) is 0 Å². The molecule has 0 fully saturated rings. The number of hydrogen-bond acceptors (Lipinski definition) is 1. The van der Waals surface area contributed by atoms with Gasteiger partial charge >= 0.3 is 0 Å². The standard InChI is InChI=1S/C54H42N2/c1-53(2)42-22-10-5-20-40(42)51-44(53)24-15-29-49(51)55(50-30-16-25-45-52(50)41-21-6-11-23-43(41)54(45,3)4)36-33-31-35(32-34-36)37-17-7-12-26-46(37)56-47-27-13-8-18-38(47)39-19-9-14-28-48(39)56/h5-34H,1-4H3. The van der Waals surface area contributed by atoms with E-state index in [0.717, 1.165) is 5.69 Å². The van der Waals surface area contributed by atoms with E-state index in [9.17, 15) is 0 Å². The molecule has 9 aromatic rings. The summed E-state index contributed by atoms with van der Waals surface area (Å²) in [6, 6.07) is 67.5. The van der Waals surface area contributed by atoms with Crippen molar-refractivity contribution in [1.82, 2.24) is 4.57 Å². The zero-order valence-corrected chi connectivity index (χ0v) is 32.2. The first-order valence-electron chi connectivity index (χ1n) is 19.8. The second kappa shape index (κ2) is 11.9. The number of rotatable bonds is 5. The van der Waals surface area contributed by atoms with Crippen LogP contribution in [0.1, 0.15) is 49.9 Å². The zero-order valence-electron chi connectivity index (χ0n) is 32.2. The average Bonchev–Trinajstić information content (AvgIpc) is 3.79. The molecule has 0 radical (unpaired) electrons. The number of para-hydroxylation sites is 3. The van der Waals surface area contributed by atoms with Crippen LogP contribution in [0, 0.1) is 0 Å². The Bertz CT molecular complexity index is 2870. The van der Waals surface area contributed by atoms with Crippen molar-refractivity contribution < 1.29 is 0 Å². The van der Waals surface area contributed by atoms with Crippen molar-refractivity contribution in [3.8, 4) is 39.1 Å². The van der Waals surface area contributed by atoms with Crippen LogP contribution >= 0.6 is 0 Å². The van der Waals surface area contributed by atoms with Crippen LogP contribution in [0.15, 0.2) is 182 Å². The highest BCUT2D eigenvalue weighted by molar-refractivity contribution is 6.10. The van der Waals surface area contributed by atoms with Gasteiger partial charge in [0, 0.05) is 44.0 Å². The van der Waals surface area contributed by atoms with E-state index in [1.807, 2.05) is 0 Å². The van der Waals surface area contributed by atoms with Crippen LogP contribution < -0.4 is 4.90 Å². The molecule has 0 atom stereocenters. The molecule has 56 heavy (non-hydrogen) atoms. The minimum absolute atomic E-state index is 0.110. The topological polar surface area (TPSA) is 8.17 Å². The van der Waals surface area contributed by atoms with Crippen LogP contribution in [0.3, 0.4) is 0 Å². The molecule has 2 heteroatoms. The Morgan fingerprint density at radius 1 is 0.375 bits per heavy atom. The van der Waals surface area contributed by atoms with Crippen molar-refractivity contribution in [1.29, 1.82) is 0 Å². The third-order valence-corrected chi connectivity index (χ3v) is 12.8. The van der Waals surface area contributed by atoms with Gasteiger partial charge in [0.25, 0.3) is 0 Å². The normalized spacial score (nSPS) is 14.4. The first kappa shape index (κ1) is 32.8. The largest absolute Gasteiger partial charge is 0.309 e. The molecule has 2 nitrogen and oxygen atoms in total. The molecule has 11 rings (SSSR count). The van der Waals surface area contributed by atoms with Gasteiger partial charge in [-0.1, -0.05) is 167 Å². The summed E-state index contributed by atoms with van der Waals surface area (Å²) < 4.78 is 2.43. The lowest BCUT2D eigenvalue weighted by Crippen LogP contribution is -2.17. The van der Waals surface area contributed by atoms with Crippen LogP contribution in [0.25, 0.3) is 60.9 Å². The molecule has 0 saturated carbocycles. The Morgan fingerprint density at radius 2 is 0.804 bits per heavy atom. The van der Waals surface area contributed by atoms with Crippen LogP contribution in [0.2, 0.25) is 0 Å². The summed E-state index contributed by atoms with van der Waals surface area (Å²) >= 11 is 0. The smallest absolute Gasteiger partial charge is 0.0543 e. The summed E-state index contributed by atoms with van der Waals surface area (Å²) in [5, 5.41) is 2.54. The Labute approximate surface area is 328 Å². The van der Waals surface area contributed by atoms with Crippen LogP contribution in [-0.2, 0) is 10.8 Å². The molecule has 8 aromatic carbocycles. The van der Waals surface area contributed by atoms with Gasteiger partial charge in [0.2, 0.25) is 0 Å². The molecule has 0 aliphatic heterocycles. The average molecular weight is 719 g/mol. The summed E-state index contributed by atoms with van der Waals surface area (Å²) in [7, 11) is 0. The highest BCUT2D eigenvalue weighted by Crippen LogP contribution is 2.58. The SMILES string of the molecule is CC1(C)c2ccccc2-c2c(N(c3ccc(-c4ccccc4-n4c5ccccc5c5ccccc54)cc3)c3cccc4c3-c3ccccc3C4(C)C)cccc21. The molecule has 2 aliphatic carbocycles.